The normalized spacial score (nSPS) is 15.7. The van der Waals surface area contributed by atoms with E-state index in [0.29, 0.717) is 12.5 Å². The van der Waals surface area contributed by atoms with E-state index >= 15 is 0 Å². The highest BCUT2D eigenvalue weighted by Gasteiger charge is 2.21. The van der Waals surface area contributed by atoms with E-state index in [0.717, 1.165) is 46.1 Å². The van der Waals surface area contributed by atoms with Crippen molar-refractivity contribution >= 4 is 17.7 Å². The maximum atomic E-state index is 13.0. The lowest BCUT2D eigenvalue weighted by Gasteiger charge is -2.25. The van der Waals surface area contributed by atoms with Crippen LogP contribution in [0, 0.1) is 13.8 Å². The van der Waals surface area contributed by atoms with Crippen molar-refractivity contribution in [1.82, 2.24) is 10.5 Å². The smallest absolute Gasteiger partial charge is 0.252 e. The maximum Gasteiger partial charge on any atom is 0.252 e. The maximum absolute atomic E-state index is 13.0. The Morgan fingerprint density at radius 1 is 1.17 bits per heavy atom. The first kappa shape index (κ1) is 19.8. The average molecular weight is 407 g/mol. The SMILES string of the molecule is Cc1noc(C)c1CSc1ccccc1C(=O)NCC1CCCc2ccccc21. The number of aromatic nitrogens is 1. The third-order valence-corrected chi connectivity index (χ3v) is 6.79. The van der Waals surface area contributed by atoms with Crippen LogP contribution in [-0.2, 0) is 12.2 Å². The zero-order chi connectivity index (χ0) is 20.2. The van der Waals surface area contributed by atoms with Crippen molar-refractivity contribution in [3.63, 3.8) is 0 Å². The third kappa shape index (κ3) is 4.40. The highest BCUT2D eigenvalue weighted by molar-refractivity contribution is 7.98. The molecule has 1 aliphatic rings. The van der Waals surface area contributed by atoms with E-state index in [4.69, 9.17) is 4.52 Å². The Bertz CT molecular complexity index is 992. The van der Waals surface area contributed by atoms with E-state index in [2.05, 4.69) is 34.7 Å². The van der Waals surface area contributed by atoms with Gasteiger partial charge in [-0.15, -0.1) is 11.8 Å². The van der Waals surface area contributed by atoms with Crippen LogP contribution in [-0.4, -0.2) is 17.6 Å². The average Bonchev–Trinajstić information content (AvgIpc) is 3.08. The van der Waals surface area contributed by atoms with E-state index in [9.17, 15) is 4.79 Å². The van der Waals surface area contributed by atoms with Crippen LogP contribution in [0.3, 0.4) is 0 Å². The summed E-state index contributed by atoms with van der Waals surface area (Å²) in [6.07, 6.45) is 3.45. The third-order valence-electron chi connectivity index (χ3n) is 5.69. The fraction of sp³-hybridized carbons (Fsp3) is 0.333. The molecule has 1 unspecified atom stereocenters. The van der Waals surface area contributed by atoms with E-state index in [1.54, 1.807) is 11.8 Å². The number of thioether (sulfide) groups is 1. The Kier molecular flexibility index (Phi) is 6.05. The van der Waals surface area contributed by atoms with Gasteiger partial charge in [-0.2, -0.15) is 0 Å². The number of carbonyl (C=O) groups is 1. The minimum Gasteiger partial charge on any atom is -0.361 e. The van der Waals surface area contributed by atoms with Gasteiger partial charge in [0.05, 0.1) is 11.3 Å². The van der Waals surface area contributed by atoms with E-state index in [1.165, 1.54) is 17.5 Å². The first-order valence-corrected chi connectivity index (χ1v) is 11.1. The molecular formula is C24H26N2O2S. The van der Waals surface area contributed by atoms with Crippen molar-refractivity contribution in [3.8, 4) is 0 Å². The first-order valence-electron chi connectivity index (χ1n) is 10.1. The molecule has 5 heteroatoms. The number of fused-ring (bicyclic) bond motifs is 1. The molecule has 1 aromatic heterocycles. The molecule has 29 heavy (non-hydrogen) atoms. The summed E-state index contributed by atoms with van der Waals surface area (Å²) in [5.74, 6) is 1.97. The quantitative estimate of drug-likeness (QED) is 0.554. The van der Waals surface area contributed by atoms with E-state index in [-0.39, 0.29) is 5.91 Å². The molecule has 0 spiro atoms. The van der Waals surface area contributed by atoms with Crippen LogP contribution < -0.4 is 5.32 Å². The second-order valence-electron chi connectivity index (χ2n) is 7.59. The van der Waals surface area contributed by atoms with Crippen LogP contribution in [0.1, 0.15) is 57.3 Å². The Hall–Kier alpha value is -2.53. The lowest BCUT2D eigenvalue weighted by molar-refractivity contribution is 0.0947. The number of amides is 1. The molecule has 0 saturated heterocycles. The monoisotopic (exact) mass is 406 g/mol. The zero-order valence-electron chi connectivity index (χ0n) is 16.9. The van der Waals surface area contributed by atoms with Crippen molar-refractivity contribution in [2.75, 3.05) is 6.54 Å². The number of benzene rings is 2. The molecule has 1 heterocycles. The predicted molar refractivity (Wildman–Crippen MR) is 116 cm³/mol. The molecule has 0 radical (unpaired) electrons. The zero-order valence-corrected chi connectivity index (χ0v) is 17.7. The summed E-state index contributed by atoms with van der Waals surface area (Å²) in [7, 11) is 0. The summed E-state index contributed by atoms with van der Waals surface area (Å²) in [4.78, 5) is 13.9. The van der Waals surface area contributed by atoms with E-state index < -0.39 is 0 Å². The molecule has 0 fully saturated rings. The van der Waals surface area contributed by atoms with Gasteiger partial charge in [0.25, 0.3) is 5.91 Å². The molecule has 0 bridgehead atoms. The molecule has 1 atom stereocenters. The topological polar surface area (TPSA) is 55.1 Å². The van der Waals surface area contributed by atoms with Gasteiger partial charge in [0.15, 0.2) is 0 Å². The lowest BCUT2D eigenvalue weighted by atomic mass is 9.83. The van der Waals surface area contributed by atoms with Gasteiger partial charge in [0.2, 0.25) is 0 Å². The van der Waals surface area contributed by atoms with Crippen molar-refractivity contribution < 1.29 is 9.32 Å². The fourth-order valence-corrected chi connectivity index (χ4v) is 5.22. The minimum atomic E-state index is -0.00471. The molecule has 4 nitrogen and oxygen atoms in total. The fourth-order valence-electron chi connectivity index (χ4n) is 4.02. The number of hydrogen-bond donors (Lipinski definition) is 1. The number of hydrogen-bond acceptors (Lipinski definition) is 4. The number of nitrogens with one attached hydrogen (secondary N) is 1. The van der Waals surface area contributed by atoms with Gasteiger partial charge in [-0.25, -0.2) is 0 Å². The van der Waals surface area contributed by atoms with Gasteiger partial charge < -0.3 is 9.84 Å². The van der Waals surface area contributed by atoms with Gasteiger partial charge in [-0.3, -0.25) is 4.79 Å². The summed E-state index contributed by atoms with van der Waals surface area (Å²) in [6, 6.07) is 16.4. The molecule has 2 aromatic carbocycles. The van der Waals surface area contributed by atoms with Crippen molar-refractivity contribution in [3.05, 3.63) is 82.2 Å². The number of carbonyl (C=O) groups excluding carboxylic acids is 1. The first-order chi connectivity index (χ1) is 14.1. The molecule has 150 valence electrons. The minimum absolute atomic E-state index is 0.00471. The van der Waals surface area contributed by atoms with Crippen molar-refractivity contribution in [2.24, 2.45) is 0 Å². The van der Waals surface area contributed by atoms with Crippen LogP contribution in [0.15, 0.2) is 57.9 Å². The highest BCUT2D eigenvalue weighted by atomic mass is 32.2. The molecule has 4 rings (SSSR count). The van der Waals surface area contributed by atoms with Crippen molar-refractivity contribution in [2.45, 2.75) is 49.7 Å². The van der Waals surface area contributed by atoms with Crippen LogP contribution in [0.2, 0.25) is 0 Å². The Labute approximate surface area is 176 Å². The van der Waals surface area contributed by atoms with Gasteiger partial charge in [0.1, 0.15) is 5.76 Å². The van der Waals surface area contributed by atoms with Crippen LogP contribution in [0.4, 0.5) is 0 Å². The van der Waals surface area contributed by atoms with Crippen LogP contribution >= 0.6 is 11.8 Å². The molecule has 1 amide bonds. The Balaban J connectivity index is 1.43. The molecule has 1 N–H and O–H groups in total. The van der Waals surface area contributed by atoms with Gasteiger partial charge in [-0.05, 0) is 56.4 Å². The number of aryl methyl sites for hydroxylation is 3. The summed E-state index contributed by atoms with van der Waals surface area (Å²) in [5.41, 5.74) is 5.55. The summed E-state index contributed by atoms with van der Waals surface area (Å²) in [5, 5.41) is 7.20. The molecule has 3 aromatic rings. The molecule has 1 aliphatic carbocycles. The Morgan fingerprint density at radius 3 is 2.79 bits per heavy atom. The second kappa shape index (κ2) is 8.87. The highest BCUT2D eigenvalue weighted by Crippen LogP contribution is 2.32. The Morgan fingerprint density at radius 2 is 1.97 bits per heavy atom. The van der Waals surface area contributed by atoms with E-state index in [1.807, 2.05) is 38.1 Å². The summed E-state index contributed by atoms with van der Waals surface area (Å²) in [6.45, 7) is 4.56. The summed E-state index contributed by atoms with van der Waals surface area (Å²) >= 11 is 1.65. The second-order valence-corrected chi connectivity index (χ2v) is 8.60. The molecule has 0 aliphatic heterocycles. The van der Waals surface area contributed by atoms with Gasteiger partial charge >= 0.3 is 0 Å². The molecule has 0 saturated carbocycles. The van der Waals surface area contributed by atoms with Gasteiger partial charge in [-0.1, -0.05) is 41.6 Å². The summed E-state index contributed by atoms with van der Waals surface area (Å²) < 4.78 is 5.25. The lowest BCUT2D eigenvalue weighted by Crippen LogP contribution is -2.30. The molecular weight excluding hydrogens is 380 g/mol. The number of nitrogens with zero attached hydrogens (tertiary/aromatic N) is 1. The van der Waals surface area contributed by atoms with Gasteiger partial charge in [0, 0.05) is 28.7 Å². The predicted octanol–water partition coefficient (Wildman–Crippen LogP) is 5.43. The standard InChI is InChI=1S/C24H26N2O2S/c1-16-22(17(2)28-26-16)15-29-23-13-6-5-12-21(23)24(27)25-14-19-10-7-9-18-8-3-4-11-20(18)19/h3-6,8,11-13,19H,7,9-10,14-15H2,1-2H3,(H,25,27). The van der Waals surface area contributed by atoms with Crippen LogP contribution in [0.25, 0.3) is 0 Å². The number of rotatable bonds is 6. The van der Waals surface area contributed by atoms with Crippen LogP contribution in [0.5, 0.6) is 0 Å². The largest absolute Gasteiger partial charge is 0.361 e. The van der Waals surface area contributed by atoms with Crippen molar-refractivity contribution in [1.29, 1.82) is 0 Å².